The third kappa shape index (κ3) is 1.62. The summed E-state index contributed by atoms with van der Waals surface area (Å²) in [5.41, 5.74) is 4.40. The van der Waals surface area contributed by atoms with Crippen molar-refractivity contribution in [1.29, 1.82) is 0 Å². The Morgan fingerprint density at radius 2 is 2.24 bits per heavy atom. The van der Waals surface area contributed by atoms with E-state index in [0.717, 1.165) is 5.69 Å². The van der Waals surface area contributed by atoms with Gasteiger partial charge >= 0.3 is 5.97 Å². The van der Waals surface area contributed by atoms with Gasteiger partial charge in [0.25, 0.3) is 0 Å². The molecule has 0 bridgehead atoms. The van der Waals surface area contributed by atoms with Crippen LogP contribution in [0.3, 0.4) is 0 Å². The number of hydrogen-bond acceptors (Lipinski definition) is 5. The first-order chi connectivity index (χ1) is 8.10. The van der Waals surface area contributed by atoms with Crippen LogP contribution in [0.5, 0.6) is 0 Å². The fourth-order valence-corrected chi connectivity index (χ4v) is 1.99. The van der Waals surface area contributed by atoms with E-state index < -0.39 is 5.97 Å². The minimum Gasteiger partial charge on any atom is -0.465 e. The molecule has 2 aromatic rings. The number of rotatable bonds is 2. The Balaban J connectivity index is 2.85. The highest BCUT2D eigenvalue weighted by Crippen LogP contribution is 2.29. The Kier molecular flexibility index (Phi) is 2.72. The van der Waals surface area contributed by atoms with Crippen molar-refractivity contribution in [3.05, 3.63) is 23.4 Å². The molecule has 0 spiro atoms. The maximum atomic E-state index is 11.6. The molecular formula is C11H13N3O3. The molecule has 0 radical (unpaired) electrons. The van der Waals surface area contributed by atoms with Gasteiger partial charge in [0.05, 0.1) is 29.6 Å². The van der Waals surface area contributed by atoms with Crippen LogP contribution in [0.4, 0.5) is 5.69 Å². The Bertz CT molecular complexity index is 589. The molecule has 6 heteroatoms. The van der Waals surface area contributed by atoms with E-state index in [1.54, 1.807) is 23.9 Å². The molecule has 1 heterocycles. The second-order valence-electron chi connectivity index (χ2n) is 3.70. The third-order valence-corrected chi connectivity index (χ3v) is 2.69. The number of ether oxygens (including phenoxy) is 1. The standard InChI is InChI=1S/C11H13N3O3/c1-6-9-8(13-16)5-4-7(11(15)17-3)10(9)14(2)12-6/h4-5,13,16H,1-3H3. The first-order valence-corrected chi connectivity index (χ1v) is 5.05. The molecule has 90 valence electrons. The number of carbonyl (C=O) groups excluding carboxylic acids is 1. The maximum absolute atomic E-state index is 11.6. The second kappa shape index (κ2) is 4.06. The lowest BCUT2D eigenvalue weighted by Crippen LogP contribution is -2.05. The van der Waals surface area contributed by atoms with Crippen molar-refractivity contribution in [1.82, 2.24) is 9.78 Å². The van der Waals surface area contributed by atoms with Crippen LogP contribution in [0.15, 0.2) is 12.1 Å². The third-order valence-electron chi connectivity index (χ3n) is 2.69. The van der Waals surface area contributed by atoms with Crippen molar-refractivity contribution in [2.24, 2.45) is 7.05 Å². The molecule has 6 nitrogen and oxygen atoms in total. The van der Waals surface area contributed by atoms with E-state index in [0.29, 0.717) is 22.2 Å². The lowest BCUT2D eigenvalue weighted by atomic mass is 10.1. The van der Waals surface area contributed by atoms with Gasteiger partial charge in [-0.3, -0.25) is 15.4 Å². The number of carbonyl (C=O) groups is 1. The van der Waals surface area contributed by atoms with Gasteiger partial charge in [0.15, 0.2) is 0 Å². The number of hydrogen-bond donors (Lipinski definition) is 2. The number of fused-ring (bicyclic) bond motifs is 1. The SMILES string of the molecule is COC(=O)c1ccc(NO)c2c(C)nn(C)c12. The normalized spacial score (nSPS) is 10.6. The molecular weight excluding hydrogens is 222 g/mol. The molecule has 1 aromatic carbocycles. The van der Waals surface area contributed by atoms with Crippen LogP contribution >= 0.6 is 0 Å². The summed E-state index contributed by atoms with van der Waals surface area (Å²) < 4.78 is 6.31. The van der Waals surface area contributed by atoms with Crippen LogP contribution in [0.2, 0.25) is 0 Å². The fraction of sp³-hybridized carbons (Fsp3) is 0.273. The van der Waals surface area contributed by atoms with Crippen LogP contribution in [0, 0.1) is 6.92 Å². The lowest BCUT2D eigenvalue weighted by molar-refractivity contribution is 0.0602. The quantitative estimate of drug-likeness (QED) is 0.609. The van der Waals surface area contributed by atoms with Crippen molar-refractivity contribution in [2.75, 3.05) is 12.6 Å². The number of nitrogens with one attached hydrogen (secondary N) is 1. The first kappa shape index (κ1) is 11.4. The van der Waals surface area contributed by atoms with Gasteiger partial charge in [-0.1, -0.05) is 0 Å². The zero-order valence-electron chi connectivity index (χ0n) is 9.81. The van der Waals surface area contributed by atoms with Crippen LogP contribution in [-0.2, 0) is 11.8 Å². The van der Waals surface area contributed by atoms with E-state index in [2.05, 4.69) is 10.6 Å². The first-order valence-electron chi connectivity index (χ1n) is 5.05. The molecule has 0 aliphatic rings. The van der Waals surface area contributed by atoms with Crippen LogP contribution < -0.4 is 5.48 Å². The average Bonchev–Trinajstić information content (AvgIpc) is 2.64. The van der Waals surface area contributed by atoms with Crippen LogP contribution in [-0.4, -0.2) is 28.1 Å². The maximum Gasteiger partial charge on any atom is 0.340 e. The van der Waals surface area contributed by atoms with Gasteiger partial charge in [-0.2, -0.15) is 5.10 Å². The molecule has 0 fully saturated rings. The van der Waals surface area contributed by atoms with Crippen molar-refractivity contribution in [3.8, 4) is 0 Å². The Morgan fingerprint density at radius 3 is 2.82 bits per heavy atom. The molecule has 0 aliphatic carbocycles. The summed E-state index contributed by atoms with van der Waals surface area (Å²) in [6.45, 7) is 1.81. The number of aryl methyl sites for hydroxylation is 2. The summed E-state index contributed by atoms with van der Waals surface area (Å²) in [5, 5.41) is 14.0. The zero-order valence-corrected chi connectivity index (χ0v) is 9.81. The number of esters is 1. The fourth-order valence-electron chi connectivity index (χ4n) is 1.99. The molecule has 0 saturated heterocycles. The zero-order chi connectivity index (χ0) is 12.6. The topological polar surface area (TPSA) is 76.4 Å². The molecule has 2 rings (SSSR count). The monoisotopic (exact) mass is 235 g/mol. The summed E-state index contributed by atoms with van der Waals surface area (Å²) in [6, 6.07) is 3.21. The average molecular weight is 235 g/mol. The predicted molar refractivity (Wildman–Crippen MR) is 62.2 cm³/mol. The Hall–Kier alpha value is -2.08. The highest BCUT2D eigenvalue weighted by Gasteiger charge is 2.18. The molecule has 2 N–H and O–H groups in total. The van der Waals surface area contributed by atoms with Crippen molar-refractivity contribution in [3.63, 3.8) is 0 Å². The summed E-state index contributed by atoms with van der Waals surface area (Å²) in [7, 11) is 3.07. The summed E-state index contributed by atoms with van der Waals surface area (Å²) in [4.78, 5) is 11.6. The van der Waals surface area contributed by atoms with Gasteiger partial charge in [0, 0.05) is 12.4 Å². The minimum atomic E-state index is -0.428. The van der Waals surface area contributed by atoms with Crippen molar-refractivity contribution in [2.45, 2.75) is 6.92 Å². The van der Waals surface area contributed by atoms with Crippen molar-refractivity contribution >= 4 is 22.6 Å². The minimum absolute atomic E-state index is 0.421. The molecule has 0 amide bonds. The number of aromatic nitrogens is 2. The largest absolute Gasteiger partial charge is 0.465 e. The van der Waals surface area contributed by atoms with Gasteiger partial charge in [-0.05, 0) is 19.1 Å². The van der Waals surface area contributed by atoms with Crippen molar-refractivity contribution < 1.29 is 14.7 Å². The Morgan fingerprint density at radius 1 is 1.53 bits per heavy atom. The Labute approximate surface area is 97.8 Å². The number of anilines is 1. The van der Waals surface area contributed by atoms with Gasteiger partial charge in [0.2, 0.25) is 0 Å². The molecule has 0 atom stereocenters. The molecule has 17 heavy (non-hydrogen) atoms. The molecule has 0 saturated carbocycles. The molecule has 0 aliphatic heterocycles. The van der Waals surface area contributed by atoms with E-state index in [1.165, 1.54) is 7.11 Å². The summed E-state index contributed by atoms with van der Waals surface area (Å²) >= 11 is 0. The van der Waals surface area contributed by atoms with E-state index in [1.807, 2.05) is 6.92 Å². The summed E-state index contributed by atoms with van der Waals surface area (Å²) in [5.74, 6) is -0.428. The molecule has 0 unspecified atom stereocenters. The van der Waals surface area contributed by atoms with Gasteiger partial charge in [0.1, 0.15) is 0 Å². The van der Waals surface area contributed by atoms with E-state index in [9.17, 15) is 4.79 Å². The number of benzene rings is 1. The number of nitrogens with zero attached hydrogens (tertiary/aromatic N) is 2. The predicted octanol–water partition coefficient (Wildman–Crippen LogP) is 1.47. The highest BCUT2D eigenvalue weighted by molar-refractivity contribution is 6.07. The molecule has 1 aromatic heterocycles. The highest BCUT2D eigenvalue weighted by atomic mass is 16.5. The van der Waals surface area contributed by atoms with E-state index in [-0.39, 0.29) is 0 Å². The van der Waals surface area contributed by atoms with Gasteiger partial charge < -0.3 is 4.74 Å². The van der Waals surface area contributed by atoms with Gasteiger partial charge in [-0.25, -0.2) is 4.79 Å². The van der Waals surface area contributed by atoms with Crippen LogP contribution in [0.25, 0.3) is 10.9 Å². The number of methoxy groups -OCH3 is 1. The summed E-state index contributed by atoms with van der Waals surface area (Å²) in [6.07, 6.45) is 0. The van der Waals surface area contributed by atoms with Crippen LogP contribution in [0.1, 0.15) is 16.1 Å². The van der Waals surface area contributed by atoms with E-state index >= 15 is 0 Å². The smallest absolute Gasteiger partial charge is 0.340 e. The second-order valence-corrected chi connectivity index (χ2v) is 3.70. The lowest BCUT2D eigenvalue weighted by Gasteiger charge is -2.06. The van der Waals surface area contributed by atoms with Gasteiger partial charge in [-0.15, -0.1) is 0 Å². The van der Waals surface area contributed by atoms with E-state index in [4.69, 9.17) is 9.94 Å².